The zero-order valence-electron chi connectivity index (χ0n) is 40.0. The summed E-state index contributed by atoms with van der Waals surface area (Å²) in [6.07, 6.45) is 14.8. The maximum Gasteiger partial charge on any atom is 0.257 e. The van der Waals surface area contributed by atoms with Crippen molar-refractivity contribution in [3.05, 3.63) is 93.6 Å². The molecule has 3 saturated heterocycles. The molecule has 0 radical (unpaired) electrons. The highest BCUT2D eigenvalue weighted by Gasteiger charge is 2.36. The summed E-state index contributed by atoms with van der Waals surface area (Å²) in [4.78, 5) is 58.3. The average Bonchev–Trinajstić information content (AvgIpc) is 3.91. The Morgan fingerprint density at radius 3 is 1.72 bits per heavy atom. The molecule has 5 heterocycles. The van der Waals surface area contributed by atoms with E-state index in [2.05, 4.69) is 55.4 Å². The first kappa shape index (κ1) is 48.2. The van der Waals surface area contributed by atoms with Gasteiger partial charge in [0, 0.05) is 75.0 Å². The topological polar surface area (TPSA) is 126 Å². The third-order valence-electron chi connectivity index (χ3n) is 13.4. The van der Waals surface area contributed by atoms with E-state index in [4.69, 9.17) is 28.9 Å². The van der Waals surface area contributed by atoms with Gasteiger partial charge in [0.2, 0.25) is 5.91 Å². The second-order valence-corrected chi connectivity index (χ2v) is 21.6. The fourth-order valence-electron chi connectivity index (χ4n) is 9.56. The predicted octanol–water partition coefficient (Wildman–Crippen LogP) is 9.26. The standard InChI is InChI=1S/C52H64N6O7S2/c1-8-34-22-39-28-53-43-26-47(45(62-5)24-41(43)50(60)57(39)30-34)64-32-37-19-36(11-10-14-55-15-17-56(18-16-55)49(59)12-13-52(3,4)67-66-7)20-38(21-37)33-65-48-27-44-42(25-46(48)63-6)51(61)58-31-35(9-2)23-40(58)29-54-44/h8-9,19-21,24-29,39-40H,10-18,22-23,30-33H2,1-7H3/b34-8+,35-9+/t39-,40?/m0/s1. The van der Waals surface area contributed by atoms with E-state index in [0.29, 0.717) is 65.0 Å². The minimum absolute atomic E-state index is 0.0692. The van der Waals surface area contributed by atoms with Gasteiger partial charge in [0.25, 0.3) is 11.8 Å². The molecule has 0 aliphatic carbocycles. The Bertz CT molecular complexity index is 2340. The molecule has 0 saturated carbocycles. The van der Waals surface area contributed by atoms with Crippen molar-refractivity contribution < 1.29 is 33.3 Å². The fourth-order valence-corrected chi connectivity index (χ4v) is 11.8. The number of rotatable bonds is 17. The van der Waals surface area contributed by atoms with Crippen molar-refractivity contribution in [3.63, 3.8) is 0 Å². The van der Waals surface area contributed by atoms with Crippen molar-refractivity contribution in [1.29, 1.82) is 0 Å². The monoisotopic (exact) mass is 948 g/mol. The summed E-state index contributed by atoms with van der Waals surface area (Å²) < 4.78 is 24.7. The molecule has 3 fully saturated rings. The van der Waals surface area contributed by atoms with Crippen molar-refractivity contribution in [2.24, 2.45) is 9.98 Å². The minimum Gasteiger partial charge on any atom is -0.493 e. The summed E-state index contributed by atoms with van der Waals surface area (Å²) in [7, 11) is 6.75. The van der Waals surface area contributed by atoms with E-state index >= 15 is 0 Å². The zero-order chi connectivity index (χ0) is 47.2. The number of allylic oxidation sites excluding steroid dienone is 2. The highest BCUT2D eigenvalue weighted by atomic mass is 33.1. The number of hydrogen-bond acceptors (Lipinski definition) is 12. The molecule has 67 heavy (non-hydrogen) atoms. The summed E-state index contributed by atoms with van der Waals surface area (Å²) in [5.74, 6) is 2.04. The van der Waals surface area contributed by atoms with Gasteiger partial charge in [-0.1, -0.05) is 57.0 Å². The summed E-state index contributed by atoms with van der Waals surface area (Å²) >= 11 is 0. The van der Waals surface area contributed by atoms with Crippen molar-refractivity contribution in [2.45, 2.75) is 96.3 Å². The van der Waals surface area contributed by atoms with Gasteiger partial charge in [-0.15, -0.1) is 0 Å². The maximum absolute atomic E-state index is 13.7. The van der Waals surface area contributed by atoms with Crippen LogP contribution in [0.15, 0.2) is 75.7 Å². The summed E-state index contributed by atoms with van der Waals surface area (Å²) in [6.45, 7) is 14.3. The molecule has 0 aromatic heterocycles. The summed E-state index contributed by atoms with van der Waals surface area (Å²) in [5, 5.41) is 0. The van der Waals surface area contributed by atoms with Crippen LogP contribution in [0.4, 0.5) is 11.4 Å². The number of methoxy groups -OCH3 is 2. The lowest BCUT2D eigenvalue weighted by Gasteiger charge is -2.35. The Morgan fingerprint density at radius 1 is 0.731 bits per heavy atom. The number of benzene rings is 3. The maximum atomic E-state index is 13.7. The molecule has 0 bridgehead atoms. The Balaban J connectivity index is 0.975. The van der Waals surface area contributed by atoms with Gasteiger partial charge in [-0.25, -0.2) is 0 Å². The number of amides is 3. The first-order valence-corrected chi connectivity index (χ1v) is 26.0. The van der Waals surface area contributed by atoms with E-state index in [9.17, 15) is 14.4 Å². The number of aliphatic imine (C=N–C) groups is 2. The molecule has 15 heteroatoms. The molecule has 1 unspecified atom stereocenters. The first-order chi connectivity index (χ1) is 32.4. The normalized spacial score (nSPS) is 20.4. The molecule has 0 spiro atoms. The highest BCUT2D eigenvalue weighted by Crippen LogP contribution is 2.41. The van der Waals surface area contributed by atoms with Crippen LogP contribution in [0.3, 0.4) is 0 Å². The molecular formula is C52H64N6O7S2. The molecule has 0 N–H and O–H groups in total. The van der Waals surface area contributed by atoms with Crippen LogP contribution >= 0.6 is 21.6 Å². The van der Waals surface area contributed by atoms with E-state index < -0.39 is 0 Å². The molecule has 3 aromatic carbocycles. The number of fused-ring (bicyclic) bond motifs is 4. The van der Waals surface area contributed by atoms with Crippen molar-refractivity contribution >= 4 is 63.1 Å². The van der Waals surface area contributed by atoms with Gasteiger partial charge in [-0.3, -0.25) is 29.3 Å². The molecule has 356 valence electrons. The van der Waals surface area contributed by atoms with Crippen LogP contribution in [-0.2, 0) is 24.4 Å². The van der Waals surface area contributed by atoms with E-state index in [1.807, 2.05) is 51.8 Å². The van der Waals surface area contributed by atoms with Crippen LogP contribution < -0.4 is 18.9 Å². The van der Waals surface area contributed by atoms with Crippen LogP contribution in [0.2, 0.25) is 0 Å². The van der Waals surface area contributed by atoms with Crippen LogP contribution in [-0.4, -0.2) is 133 Å². The lowest BCUT2D eigenvalue weighted by atomic mass is 10.0. The van der Waals surface area contributed by atoms with Crippen LogP contribution in [0.1, 0.15) is 97.2 Å². The SMILES string of the molecule is C/C=C1\CC2C=Nc3cc(OCc4cc(CCCN5CCN(C(=O)CCC(C)(C)SSC)CC5)cc(COc5cc6c(cc5OC)C(=O)N5C/C(=C/C)C[C@H]5C=N6)c4)c(OC)cc3C(=O)N2C1. The molecule has 3 amide bonds. The Labute approximate surface area is 403 Å². The van der Waals surface area contributed by atoms with Gasteiger partial charge in [0.15, 0.2) is 23.0 Å². The quantitative estimate of drug-likeness (QED) is 0.0956. The molecular weight excluding hydrogens is 885 g/mol. The lowest BCUT2D eigenvalue weighted by Crippen LogP contribution is -2.49. The molecule has 13 nitrogen and oxygen atoms in total. The van der Waals surface area contributed by atoms with Crippen molar-refractivity contribution in [2.75, 3.05) is 66.3 Å². The van der Waals surface area contributed by atoms with E-state index in [1.54, 1.807) is 49.3 Å². The van der Waals surface area contributed by atoms with Gasteiger partial charge in [-0.05, 0) is 107 Å². The lowest BCUT2D eigenvalue weighted by molar-refractivity contribution is -0.133. The van der Waals surface area contributed by atoms with E-state index in [1.165, 1.54) is 11.1 Å². The number of ether oxygens (including phenoxy) is 4. The number of nitrogens with zero attached hydrogens (tertiary/aromatic N) is 6. The Morgan fingerprint density at radius 2 is 1.24 bits per heavy atom. The number of carbonyl (C=O) groups is 3. The number of aryl methyl sites for hydroxylation is 1. The minimum atomic E-state index is -0.0827. The number of piperazine rings is 1. The molecule has 2 atom stereocenters. The van der Waals surface area contributed by atoms with Gasteiger partial charge in [0.1, 0.15) is 13.2 Å². The molecule has 8 rings (SSSR count). The smallest absolute Gasteiger partial charge is 0.257 e. The van der Waals surface area contributed by atoms with Crippen LogP contribution in [0.5, 0.6) is 23.0 Å². The third-order valence-corrected chi connectivity index (χ3v) is 16.1. The second kappa shape index (κ2) is 21.4. The molecule has 3 aromatic rings. The first-order valence-electron chi connectivity index (χ1n) is 23.4. The number of carbonyl (C=O) groups excluding carboxylic acids is 3. The summed E-state index contributed by atoms with van der Waals surface area (Å²) in [5.41, 5.74) is 7.59. The van der Waals surface area contributed by atoms with E-state index in [-0.39, 0.29) is 47.8 Å². The zero-order valence-corrected chi connectivity index (χ0v) is 41.6. The van der Waals surface area contributed by atoms with Crippen molar-refractivity contribution in [1.82, 2.24) is 19.6 Å². The van der Waals surface area contributed by atoms with Crippen LogP contribution in [0, 0.1) is 0 Å². The Kier molecular flexibility index (Phi) is 15.4. The van der Waals surface area contributed by atoms with Gasteiger partial charge >= 0.3 is 0 Å². The van der Waals surface area contributed by atoms with Crippen molar-refractivity contribution in [3.8, 4) is 23.0 Å². The van der Waals surface area contributed by atoms with Gasteiger partial charge < -0.3 is 33.6 Å². The predicted molar refractivity (Wildman–Crippen MR) is 270 cm³/mol. The van der Waals surface area contributed by atoms with Gasteiger partial charge in [0.05, 0.1) is 48.8 Å². The molecule has 5 aliphatic heterocycles. The number of hydrogen-bond donors (Lipinski definition) is 0. The summed E-state index contributed by atoms with van der Waals surface area (Å²) in [6, 6.07) is 13.4. The van der Waals surface area contributed by atoms with Gasteiger partial charge in [-0.2, -0.15) is 0 Å². The molecule has 5 aliphatic rings. The second-order valence-electron chi connectivity index (χ2n) is 18.5. The third kappa shape index (κ3) is 11.2. The van der Waals surface area contributed by atoms with E-state index in [0.717, 1.165) is 81.5 Å². The highest BCUT2D eigenvalue weighted by molar-refractivity contribution is 8.76. The Hall–Kier alpha value is -5.25. The van der Waals surface area contributed by atoms with Crippen LogP contribution in [0.25, 0.3) is 0 Å². The fraction of sp³-hybridized carbons (Fsp3) is 0.481. The largest absolute Gasteiger partial charge is 0.493 e. The average molecular weight is 949 g/mol.